The van der Waals surface area contributed by atoms with E-state index in [1.54, 1.807) is 16.8 Å². The summed E-state index contributed by atoms with van der Waals surface area (Å²) < 4.78 is 27.7. The molecule has 2 aromatic heterocycles. The summed E-state index contributed by atoms with van der Waals surface area (Å²) in [6.45, 7) is 10.0. The zero-order valence-electron chi connectivity index (χ0n) is 21.9. The van der Waals surface area contributed by atoms with Crippen molar-refractivity contribution in [3.8, 4) is 22.9 Å². The molecule has 0 radical (unpaired) electrons. The third-order valence-corrected chi connectivity index (χ3v) is 5.35. The summed E-state index contributed by atoms with van der Waals surface area (Å²) in [6.07, 6.45) is 1.54. The Morgan fingerprint density at radius 3 is 2.29 bits per heavy atom. The highest BCUT2D eigenvalue weighted by molar-refractivity contribution is 5.99. The van der Waals surface area contributed by atoms with Crippen molar-refractivity contribution in [2.24, 2.45) is 0 Å². The molecule has 4 N–H and O–H groups in total. The van der Waals surface area contributed by atoms with Crippen LogP contribution in [0.3, 0.4) is 0 Å². The minimum absolute atomic E-state index is 0.0126. The van der Waals surface area contributed by atoms with Gasteiger partial charge in [0.05, 0.1) is 23.2 Å². The zero-order valence-corrected chi connectivity index (χ0v) is 21.9. The van der Waals surface area contributed by atoms with Crippen LogP contribution >= 0.6 is 0 Å². The van der Waals surface area contributed by atoms with Crippen LogP contribution in [0.4, 0.5) is 26.5 Å². The Labute approximate surface area is 220 Å². The van der Waals surface area contributed by atoms with E-state index in [2.05, 4.69) is 15.6 Å². The van der Waals surface area contributed by atoms with Crippen molar-refractivity contribution < 1.29 is 18.7 Å². The van der Waals surface area contributed by atoms with Crippen LogP contribution in [0.15, 0.2) is 66.9 Å². The maximum absolute atomic E-state index is 14.8. The highest BCUT2D eigenvalue weighted by Crippen LogP contribution is 2.29. The number of pyridine rings is 1. The van der Waals surface area contributed by atoms with Gasteiger partial charge >= 0.3 is 6.03 Å². The number of nitrogens with one attached hydrogen (secondary N) is 2. The van der Waals surface area contributed by atoms with Gasteiger partial charge in [-0.25, -0.2) is 18.9 Å². The van der Waals surface area contributed by atoms with E-state index in [4.69, 9.17) is 20.3 Å². The van der Waals surface area contributed by atoms with Gasteiger partial charge in [-0.15, -0.1) is 0 Å². The quantitative estimate of drug-likeness (QED) is 0.257. The van der Waals surface area contributed by atoms with E-state index in [1.807, 2.05) is 58.9 Å². The predicted octanol–water partition coefficient (Wildman–Crippen LogP) is 6.51. The predicted molar refractivity (Wildman–Crippen MR) is 146 cm³/mol. The van der Waals surface area contributed by atoms with E-state index in [0.29, 0.717) is 11.6 Å². The van der Waals surface area contributed by atoms with E-state index in [-0.39, 0.29) is 28.8 Å². The van der Waals surface area contributed by atoms with Crippen LogP contribution in [-0.2, 0) is 5.41 Å². The summed E-state index contributed by atoms with van der Waals surface area (Å²) >= 11 is 0. The lowest BCUT2D eigenvalue weighted by Gasteiger charge is -2.14. The van der Waals surface area contributed by atoms with Crippen LogP contribution in [0.1, 0.15) is 40.3 Å². The number of nitrogen functional groups attached to an aromatic ring is 1. The Bertz CT molecular complexity index is 1430. The number of nitrogens with zero attached hydrogens (tertiary/aromatic N) is 3. The van der Waals surface area contributed by atoms with Crippen LogP contribution in [0.5, 0.6) is 17.2 Å². The number of halogens is 1. The summed E-state index contributed by atoms with van der Waals surface area (Å²) in [7, 11) is 0. The molecule has 4 aromatic rings. The Hall–Kier alpha value is -4.60. The third kappa shape index (κ3) is 6.58. The van der Waals surface area contributed by atoms with Crippen LogP contribution in [-0.4, -0.2) is 26.9 Å². The fourth-order valence-electron chi connectivity index (χ4n) is 3.53. The highest BCUT2D eigenvalue weighted by Gasteiger charge is 2.22. The van der Waals surface area contributed by atoms with Gasteiger partial charge in [-0.05, 0) is 56.3 Å². The second kappa shape index (κ2) is 10.8. The van der Waals surface area contributed by atoms with Gasteiger partial charge in [0.25, 0.3) is 0 Å². The number of rotatable bonds is 7. The number of ether oxygens (including phenoxy) is 2. The standard InChI is InChI=1S/C28H31FN6O3/c1-17(2)37-19-8-6-18(7-9-19)35-26(16-24(34-35)28(3,4)5)33-27(36)32-23-11-10-20(14-22(23)29)38-21-12-13-31-25(30)15-21/h6-17H,1-5H3,(H2,30,31)(H2,32,33,36). The molecule has 38 heavy (non-hydrogen) atoms. The Morgan fingerprint density at radius 1 is 0.974 bits per heavy atom. The van der Waals surface area contributed by atoms with Crippen LogP contribution in [0.2, 0.25) is 0 Å². The molecule has 0 aliphatic rings. The lowest BCUT2D eigenvalue weighted by Crippen LogP contribution is -2.22. The molecule has 198 valence electrons. The zero-order chi connectivity index (χ0) is 27.4. The molecule has 0 saturated heterocycles. The maximum Gasteiger partial charge on any atom is 0.324 e. The summed E-state index contributed by atoms with van der Waals surface area (Å²) in [6, 6.07) is 15.8. The normalized spacial score (nSPS) is 11.3. The lowest BCUT2D eigenvalue weighted by atomic mass is 9.92. The number of amides is 2. The first-order valence-electron chi connectivity index (χ1n) is 12.1. The SMILES string of the molecule is CC(C)Oc1ccc(-n2nc(C(C)(C)C)cc2NC(=O)Nc2ccc(Oc3ccnc(N)c3)cc2F)cc1. The number of urea groups is 1. The first kappa shape index (κ1) is 26.5. The van der Waals surface area contributed by atoms with Gasteiger partial charge in [0.15, 0.2) is 0 Å². The molecule has 0 fully saturated rings. The average Bonchev–Trinajstić information content (AvgIpc) is 3.25. The van der Waals surface area contributed by atoms with Gasteiger partial charge in [-0.1, -0.05) is 20.8 Å². The van der Waals surface area contributed by atoms with Crippen molar-refractivity contribution in [3.63, 3.8) is 0 Å². The van der Waals surface area contributed by atoms with Crippen molar-refractivity contribution in [2.45, 2.75) is 46.1 Å². The van der Waals surface area contributed by atoms with Crippen molar-refractivity contribution >= 4 is 23.4 Å². The van der Waals surface area contributed by atoms with Gasteiger partial charge in [0.2, 0.25) is 0 Å². The van der Waals surface area contributed by atoms with Crippen molar-refractivity contribution in [3.05, 3.63) is 78.4 Å². The highest BCUT2D eigenvalue weighted by atomic mass is 19.1. The van der Waals surface area contributed by atoms with E-state index in [1.165, 1.54) is 30.5 Å². The number of carbonyl (C=O) groups is 1. The molecule has 2 amide bonds. The molecule has 4 rings (SSSR count). The van der Waals surface area contributed by atoms with Crippen molar-refractivity contribution in [1.82, 2.24) is 14.8 Å². The lowest BCUT2D eigenvalue weighted by molar-refractivity contribution is 0.242. The average molecular weight is 519 g/mol. The van der Waals surface area contributed by atoms with Crippen LogP contribution in [0.25, 0.3) is 5.69 Å². The molecular weight excluding hydrogens is 487 g/mol. The summed E-state index contributed by atoms with van der Waals surface area (Å²) in [5.74, 6) is 1.45. The Kier molecular flexibility index (Phi) is 7.52. The molecule has 0 saturated carbocycles. The van der Waals surface area contributed by atoms with E-state index >= 15 is 0 Å². The Morgan fingerprint density at radius 2 is 1.66 bits per heavy atom. The maximum atomic E-state index is 14.8. The fraction of sp³-hybridized carbons (Fsp3) is 0.250. The largest absolute Gasteiger partial charge is 0.491 e. The summed E-state index contributed by atoms with van der Waals surface area (Å²) in [5, 5.41) is 10.0. The van der Waals surface area contributed by atoms with Gasteiger partial charge in [-0.2, -0.15) is 5.10 Å². The minimum Gasteiger partial charge on any atom is -0.491 e. The summed E-state index contributed by atoms with van der Waals surface area (Å²) in [4.78, 5) is 16.8. The monoisotopic (exact) mass is 518 g/mol. The molecule has 0 atom stereocenters. The molecule has 0 bridgehead atoms. The first-order chi connectivity index (χ1) is 18.0. The smallest absolute Gasteiger partial charge is 0.324 e. The number of benzene rings is 2. The third-order valence-electron chi connectivity index (χ3n) is 5.35. The van der Waals surface area contributed by atoms with Crippen LogP contribution in [0, 0.1) is 5.82 Å². The van der Waals surface area contributed by atoms with Gasteiger partial charge in [0.1, 0.15) is 34.7 Å². The minimum atomic E-state index is -0.663. The number of aromatic nitrogens is 3. The van der Waals surface area contributed by atoms with E-state index in [0.717, 1.165) is 17.1 Å². The van der Waals surface area contributed by atoms with E-state index in [9.17, 15) is 9.18 Å². The molecule has 10 heteroatoms. The molecule has 0 aliphatic carbocycles. The first-order valence-corrected chi connectivity index (χ1v) is 12.1. The van der Waals surface area contributed by atoms with Gasteiger partial charge < -0.3 is 20.5 Å². The van der Waals surface area contributed by atoms with Gasteiger partial charge in [0, 0.05) is 29.8 Å². The fourth-order valence-corrected chi connectivity index (χ4v) is 3.53. The van der Waals surface area contributed by atoms with Crippen molar-refractivity contribution in [2.75, 3.05) is 16.4 Å². The molecule has 2 aromatic carbocycles. The molecule has 9 nitrogen and oxygen atoms in total. The summed E-state index contributed by atoms with van der Waals surface area (Å²) in [5.41, 5.74) is 6.88. The topological polar surface area (TPSA) is 116 Å². The Balaban J connectivity index is 1.51. The molecule has 0 unspecified atom stereocenters. The molecule has 2 heterocycles. The van der Waals surface area contributed by atoms with Crippen LogP contribution < -0.4 is 25.8 Å². The second-order valence-electron chi connectivity index (χ2n) is 9.98. The van der Waals surface area contributed by atoms with Gasteiger partial charge in [-0.3, -0.25) is 5.32 Å². The number of carbonyl (C=O) groups excluding carboxylic acids is 1. The molecule has 0 aliphatic heterocycles. The second-order valence-corrected chi connectivity index (χ2v) is 9.98. The number of hydrogen-bond acceptors (Lipinski definition) is 6. The molecular formula is C28H31FN6O3. The number of hydrogen-bond donors (Lipinski definition) is 3. The molecule has 0 spiro atoms. The number of nitrogens with two attached hydrogens (primary N) is 1. The van der Waals surface area contributed by atoms with Crippen molar-refractivity contribution in [1.29, 1.82) is 0 Å². The van der Waals surface area contributed by atoms with E-state index < -0.39 is 11.8 Å². The number of anilines is 3.